The minimum atomic E-state index is -0.989. The Bertz CT molecular complexity index is 1040. The summed E-state index contributed by atoms with van der Waals surface area (Å²) in [6.45, 7) is 0. The first-order valence-corrected chi connectivity index (χ1v) is 14.1. The molecule has 2 aromatic rings. The minimum Gasteiger partial charge on any atom is -0.469 e. The Labute approximate surface area is 251 Å². The van der Waals surface area contributed by atoms with Crippen LogP contribution in [0.2, 0.25) is 0 Å². The topological polar surface area (TPSA) is 106 Å². The van der Waals surface area contributed by atoms with E-state index in [4.69, 9.17) is 24.7 Å². The molecule has 2 N–H and O–H groups in total. The van der Waals surface area contributed by atoms with E-state index in [0.717, 1.165) is 29.0 Å². The van der Waals surface area contributed by atoms with Crippen LogP contribution < -0.4 is 5.73 Å². The number of primary amides is 1. The first kappa shape index (κ1) is 34.2. The number of nitrogens with two attached hydrogens (primary N) is 1. The van der Waals surface area contributed by atoms with E-state index < -0.39 is 11.6 Å². The first-order chi connectivity index (χ1) is 17.4. The molecule has 0 atom stereocenters. The van der Waals surface area contributed by atoms with Gasteiger partial charge in [0.2, 0.25) is 5.91 Å². The average Bonchev–Trinajstić information content (AvgIpc) is 2.89. The van der Waals surface area contributed by atoms with Gasteiger partial charge in [-0.05, 0) is 36.4 Å². The number of ether oxygens (including phenoxy) is 5. The normalized spacial score (nSPS) is 11.5. The zero-order valence-corrected chi connectivity index (χ0v) is 27.6. The summed E-state index contributed by atoms with van der Waals surface area (Å²) in [5.74, 6) is -2.67. The molecule has 12 heteroatoms. The van der Waals surface area contributed by atoms with Crippen LogP contribution in [0, 0.1) is 0 Å². The van der Waals surface area contributed by atoms with E-state index >= 15 is 0 Å². The number of rotatable bonds is 12. The molecule has 2 rings (SSSR count). The lowest BCUT2D eigenvalue weighted by molar-refractivity contribution is -0.222. The van der Waals surface area contributed by atoms with E-state index in [0.29, 0.717) is 12.8 Å². The van der Waals surface area contributed by atoms with Gasteiger partial charge in [-0.3, -0.25) is 9.59 Å². The Morgan fingerprint density at radius 1 is 0.703 bits per heavy atom. The molecule has 0 fully saturated rings. The summed E-state index contributed by atoms with van der Waals surface area (Å²) in [6, 6.07) is 11.4. The van der Waals surface area contributed by atoms with Gasteiger partial charge in [0.1, 0.15) is 0 Å². The van der Waals surface area contributed by atoms with Crippen molar-refractivity contribution in [3.63, 3.8) is 0 Å². The van der Waals surface area contributed by atoms with Gasteiger partial charge in [0.05, 0.1) is 13.5 Å². The Kier molecular flexibility index (Phi) is 15.0. The maximum Gasteiger partial charge on any atom is 0.305 e. The van der Waals surface area contributed by atoms with E-state index in [-0.39, 0.29) is 24.7 Å². The van der Waals surface area contributed by atoms with Gasteiger partial charge in [0, 0.05) is 76.7 Å². The van der Waals surface area contributed by atoms with Crippen LogP contribution >= 0.6 is 63.7 Å². The summed E-state index contributed by atoms with van der Waals surface area (Å²) in [4.78, 5) is 22.3. The molecule has 0 aliphatic carbocycles. The van der Waals surface area contributed by atoms with Gasteiger partial charge < -0.3 is 29.4 Å². The second-order valence-electron chi connectivity index (χ2n) is 7.61. The number of amides is 1. The van der Waals surface area contributed by atoms with Gasteiger partial charge in [0.15, 0.2) is 11.6 Å². The number of esters is 1. The third-order valence-corrected chi connectivity index (χ3v) is 7.95. The lowest BCUT2D eigenvalue weighted by Crippen LogP contribution is -2.33. The van der Waals surface area contributed by atoms with Crippen molar-refractivity contribution >= 4 is 75.6 Å². The van der Waals surface area contributed by atoms with Gasteiger partial charge >= 0.3 is 5.97 Å². The highest BCUT2D eigenvalue weighted by Crippen LogP contribution is 2.38. The van der Waals surface area contributed by atoms with Crippen molar-refractivity contribution in [2.24, 2.45) is 5.73 Å². The van der Waals surface area contributed by atoms with Crippen molar-refractivity contribution in [3.8, 4) is 0 Å². The summed E-state index contributed by atoms with van der Waals surface area (Å²) in [6.07, 6.45) is 1.10. The number of benzene rings is 2. The molecule has 0 unspecified atom stereocenters. The predicted molar refractivity (Wildman–Crippen MR) is 155 cm³/mol. The van der Waals surface area contributed by atoms with Crippen LogP contribution in [0.5, 0.6) is 0 Å². The second-order valence-corrected chi connectivity index (χ2v) is 11.2. The molecule has 0 radical (unpaired) electrons. The summed E-state index contributed by atoms with van der Waals surface area (Å²) >= 11 is 13.8. The zero-order chi connectivity index (χ0) is 28.2. The molecule has 0 saturated heterocycles. The van der Waals surface area contributed by atoms with Crippen molar-refractivity contribution in [1.29, 1.82) is 0 Å². The first-order valence-electron chi connectivity index (χ1n) is 10.9. The van der Waals surface area contributed by atoms with Crippen molar-refractivity contribution in [2.75, 3.05) is 35.5 Å². The standard InChI is InChI=1S/C13H16Br2O4.C12H15Br2NO3/c1-17-12(16)6-7-13(18-2,19-3)10-8-9(14)4-5-11(10)15;1-17-12(18-2,6-5-11(15)16)9-7-8(13)3-4-10(9)14/h4-5,8H,6-7H2,1-3H3;3-4,7H,5-6H2,1-2H3,(H2,15,16). The Morgan fingerprint density at radius 2 is 1.08 bits per heavy atom. The zero-order valence-electron chi connectivity index (χ0n) is 21.2. The fraction of sp³-hybridized carbons (Fsp3) is 0.440. The molecule has 1 amide bonds. The van der Waals surface area contributed by atoms with Crippen LogP contribution in [0.1, 0.15) is 36.8 Å². The van der Waals surface area contributed by atoms with Crippen molar-refractivity contribution in [1.82, 2.24) is 0 Å². The number of methoxy groups -OCH3 is 5. The smallest absolute Gasteiger partial charge is 0.305 e. The lowest BCUT2D eigenvalue weighted by Gasteiger charge is -2.32. The highest BCUT2D eigenvalue weighted by Gasteiger charge is 2.35. The van der Waals surface area contributed by atoms with Crippen molar-refractivity contribution in [2.45, 2.75) is 37.3 Å². The van der Waals surface area contributed by atoms with E-state index in [1.54, 1.807) is 14.2 Å². The van der Waals surface area contributed by atoms with Gasteiger partial charge in [-0.2, -0.15) is 0 Å². The molecular weight excluding hydrogens is 746 g/mol. The number of hydrogen-bond acceptors (Lipinski definition) is 7. The maximum atomic E-state index is 11.3. The summed E-state index contributed by atoms with van der Waals surface area (Å²) < 4.78 is 30.2. The third kappa shape index (κ3) is 9.68. The van der Waals surface area contributed by atoms with Gasteiger partial charge in [-0.1, -0.05) is 63.7 Å². The van der Waals surface area contributed by atoms with Crippen LogP contribution in [-0.4, -0.2) is 47.4 Å². The quantitative estimate of drug-likeness (QED) is 0.193. The van der Waals surface area contributed by atoms with E-state index in [1.807, 2.05) is 36.4 Å². The average molecular weight is 777 g/mol. The highest BCUT2D eigenvalue weighted by molar-refractivity contribution is 9.11. The molecule has 0 saturated carbocycles. The van der Waals surface area contributed by atoms with Crippen LogP contribution in [0.3, 0.4) is 0 Å². The van der Waals surface area contributed by atoms with E-state index in [2.05, 4.69) is 68.5 Å². The fourth-order valence-electron chi connectivity index (χ4n) is 3.52. The number of hydrogen-bond donors (Lipinski definition) is 1. The van der Waals surface area contributed by atoms with Crippen LogP contribution in [-0.2, 0) is 44.8 Å². The maximum absolute atomic E-state index is 11.3. The highest BCUT2D eigenvalue weighted by atomic mass is 79.9. The van der Waals surface area contributed by atoms with Gasteiger partial charge in [-0.25, -0.2) is 0 Å². The Balaban J connectivity index is 0.000000371. The van der Waals surface area contributed by atoms with E-state index in [1.165, 1.54) is 21.3 Å². The molecule has 206 valence electrons. The molecule has 0 bridgehead atoms. The van der Waals surface area contributed by atoms with Gasteiger partial charge in [-0.15, -0.1) is 0 Å². The second kappa shape index (κ2) is 16.3. The Hall–Kier alpha value is -0.860. The molecule has 0 spiro atoms. The molecule has 37 heavy (non-hydrogen) atoms. The number of halogens is 4. The molecule has 0 aromatic heterocycles. The number of carbonyl (C=O) groups excluding carboxylic acids is 2. The molecule has 2 aromatic carbocycles. The van der Waals surface area contributed by atoms with Crippen LogP contribution in [0.15, 0.2) is 54.3 Å². The lowest BCUT2D eigenvalue weighted by atomic mass is 10.00. The van der Waals surface area contributed by atoms with Crippen LogP contribution in [0.25, 0.3) is 0 Å². The summed E-state index contributed by atoms with van der Waals surface area (Å²) in [7, 11) is 7.54. The minimum absolute atomic E-state index is 0.181. The predicted octanol–water partition coefficient (Wildman–Crippen LogP) is 6.53. The number of carbonyl (C=O) groups is 2. The Morgan fingerprint density at radius 3 is 1.41 bits per heavy atom. The fourth-order valence-corrected chi connectivity index (χ4v) is 5.34. The van der Waals surface area contributed by atoms with Gasteiger partial charge in [0.25, 0.3) is 0 Å². The van der Waals surface area contributed by atoms with Crippen LogP contribution in [0.4, 0.5) is 0 Å². The van der Waals surface area contributed by atoms with Crippen molar-refractivity contribution < 1.29 is 33.3 Å². The van der Waals surface area contributed by atoms with E-state index in [9.17, 15) is 9.59 Å². The summed E-state index contributed by atoms with van der Waals surface area (Å²) in [5.41, 5.74) is 6.81. The molecule has 0 aliphatic heterocycles. The third-order valence-electron chi connectivity index (χ3n) is 5.58. The summed E-state index contributed by atoms with van der Waals surface area (Å²) in [5, 5.41) is 0. The SMILES string of the molecule is COC(=O)CCC(OC)(OC)c1cc(Br)ccc1Br.COC(CCC(N)=O)(OC)c1cc(Br)ccc1Br. The monoisotopic (exact) mass is 773 g/mol. The molecule has 0 aliphatic rings. The molecule has 8 nitrogen and oxygen atoms in total. The molecule has 0 heterocycles. The largest absolute Gasteiger partial charge is 0.469 e. The van der Waals surface area contributed by atoms with Crippen molar-refractivity contribution in [3.05, 3.63) is 65.4 Å². The molecular formula is C25H31Br4NO7.